The number of aliphatic carboxylic acids is 3. The first-order valence-electron chi connectivity index (χ1n) is 12.5. The van der Waals surface area contributed by atoms with Gasteiger partial charge >= 0.3 is 53.7 Å². The van der Waals surface area contributed by atoms with Crippen LogP contribution in [0.4, 0.5) is 0 Å². The minimum Gasteiger partial charge on any atom is -0.481 e. The average Bonchev–Trinajstić information content (AvgIpc) is 3.06. The highest BCUT2D eigenvalue weighted by atomic mass is 16.7. The lowest BCUT2D eigenvalue weighted by Gasteiger charge is -2.31. The summed E-state index contributed by atoms with van der Waals surface area (Å²) in [5.74, 6) is -12.5. The van der Waals surface area contributed by atoms with Crippen molar-refractivity contribution in [3.63, 3.8) is 0 Å². The van der Waals surface area contributed by atoms with E-state index >= 15 is 0 Å². The summed E-state index contributed by atoms with van der Waals surface area (Å²) in [7, 11) is 0. The smallest absolute Gasteiger partial charge is 0.346 e. The Bertz CT molecular complexity index is 1210. The number of rotatable bonds is 8. The second-order valence-electron chi connectivity index (χ2n) is 10.2. The molecule has 3 rings (SSSR count). The second-order valence-corrected chi connectivity index (χ2v) is 10.2. The van der Waals surface area contributed by atoms with Crippen LogP contribution < -0.4 is 0 Å². The van der Waals surface area contributed by atoms with Gasteiger partial charge in [0.25, 0.3) is 6.47 Å². The quantitative estimate of drug-likeness (QED) is 0.0422. The van der Waals surface area contributed by atoms with E-state index in [0.717, 1.165) is 0 Å². The van der Waals surface area contributed by atoms with Gasteiger partial charge in [-0.1, -0.05) is 0 Å². The number of aliphatic hydroxyl groups is 4. The van der Waals surface area contributed by atoms with E-state index in [1.54, 1.807) is 0 Å². The molecule has 0 aromatic rings. The summed E-state index contributed by atoms with van der Waals surface area (Å²) < 4.78 is 21.5. The molecular weight excluding hydrogens is 640 g/mol. The number of ether oxygens (including phenoxy) is 5. The first-order valence-corrected chi connectivity index (χ1v) is 12.5. The van der Waals surface area contributed by atoms with Crippen molar-refractivity contribution in [2.75, 3.05) is 13.2 Å². The van der Waals surface area contributed by atoms with Crippen molar-refractivity contribution in [1.82, 2.24) is 0 Å². The molecule has 3 saturated heterocycles. The van der Waals surface area contributed by atoms with Gasteiger partial charge in [0, 0.05) is 0 Å². The van der Waals surface area contributed by atoms with E-state index in [1.807, 2.05) is 0 Å². The molecular formula is C24H28O22. The molecule has 46 heavy (non-hydrogen) atoms. The highest BCUT2D eigenvalue weighted by Gasteiger charge is 2.49. The summed E-state index contributed by atoms with van der Waals surface area (Å²) in [6.45, 7) is -1.32. The van der Waals surface area contributed by atoms with Gasteiger partial charge in [0.1, 0.15) is 24.0 Å². The maximum absolute atomic E-state index is 11.5. The monoisotopic (exact) mass is 668 g/mol. The van der Waals surface area contributed by atoms with Crippen LogP contribution in [0.5, 0.6) is 0 Å². The van der Waals surface area contributed by atoms with Crippen molar-refractivity contribution < 1.29 is 107 Å². The van der Waals surface area contributed by atoms with Gasteiger partial charge in [0.05, 0.1) is 51.7 Å². The highest BCUT2D eigenvalue weighted by Crippen LogP contribution is 2.25. The van der Waals surface area contributed by atoms with Crippen molar-refractivity contribution in [2.45, 2.75) is 74.0 Å². The predicted octanol–water partition coefficient (Wildman–Crippen LogP) is -4.34. The third-order valence-electron chi connectivity index (χ3n) is 5.68. The van der Waals surface area contributed by atoms with Gasteiger partial charge in [-0.2, -0.15) is 0 Å². The molecule has 0 bridgehead atoms. The molecule has 22 heteroatoms. The molecule has 7 N–H and O–H groups in total. The van der Waals surface area contributed by atoms with Crippen LogP contribution >= 0.6 is 0 Å². The number of carbonyl (C=O) groups is 10. The van der Waals surface area contributed by atoms with Gasteiger partial charge in [-0.15, -0.1) is 0 Å². The zero-order valence-corrected chi connectivity index (χ0v) is 23.4. The van der Waals surface area contributed by atoms with Gasteiger partial charge in [-0.05, 0) is 0 Å². The molecule has 0 aliphatic carbocycles. The Kier molecular flexibility index (Phi) is 13.5. The third-order valence-corrected chi connectivity index (χ3v) is 5.68. The Morgan fingerprint density at radius 1 is 0.609 bits per heavy atom. The Morgan fingerprint density at radius 2 is 0.978 bits per heavy atom. The van der Waals surface area contributed by atoms with Crippen LogP contribution in [0.2, 0.25) is 0 Å². The van der Waals surface area contributed by atoms with E-state index in [2.05, 4.69) is 18.9 Å². The summed E-state index contributed by atoms with van der Waals surface area (Å²) >= 11 is 0. The summed E-state index contributed by atoms with van der Waals surface area (Å²) in [5.41, 5.74) is -6.43. The van der Waals surface area contributed by atoms with Gasteiger partial charge < -0.3 is 59.4 Å². The van der Waals surface area contributed by atoms with E-state index in [4.69, 9.17) is 20.1 Å². The highest BCUT2D eigenvalue weighted by molar-refractivity contribution is 6.01. The van der Waals surface area contributed by atoms with Crippen LogP contribution in [-0.2, 0) is 71.6 Å². The molecule has 0 aromatic carbocycles. The number of carboxylic acid groups (broad SMARTS) is 3. The SMILES string of the molecule is O=C(O)CC1(O)CC(=O)OC1=O.O=C(O)CC1(O)COCC(O)(CC(=O)O)CC(=O)OC(=O)C1.O=COC1(O)CC(=O)OC(=O)C1. The summed E-state index contributed by atoms with van der Waals surface area (Å²) in [4.78, 5) is 107. The number of carbonyl (C=O) groups excluding carboxylic acids is 7. The molecule has 3 heterocycles. The predicted molar refractivity (Wildman–Crippen MR) is 131 cm³/mol. The second kappa shape index (κ2) is 15.9. The molecule has 0 radical (unpaired) electrons. The van der Waals surface area contributed by atoms with E-state index in [1.165, 1.54) is 0 Å². The molecule has 256 valence electrons. The van der Waals surface area contributed by atoms with Gasteiger partial charge in [0.15, 0.2) is 5.60 Å². The minimum absolute atomic E-state index is 0.0219. The molecule has 3 aliphatic heterocycles. The van der Waals surface area contributed by atoms with Gasteiger partial charge in [-0.25, -0.2) is 4.79 Å². The Balaban J connectivity index is 0.000000373. The lowest BCUT2D eigenvalue weighted by molar-refractivity contribution is -0.221. The molecule has 3 unspecified atom stereocenters. The fraction of sp³-hybridized carbons (Fsp3) is 0.583. The van der Waals surface area contributed by atoms with Crippen LogP contribution in [0.1, 0.15) is 51.4 Å². The van der Waals surface area contributed by atoms with Crippen LogP contribution in [-0.4, -0.2) is 132 Å². The first kappa shape index (κ1) is 39.1. The van der Waals surface area contributed by atoms with E-state index in [0.29, 0.717) is 0 Å². The topological polar surface area (TPSA) is 358 Å². The van der Waals surface area contributed by atoms with Crippen molar-refractivity contribution in [3.05, 3.63) is 0 Å². The molecule has 3 aliphatic rings. The lowest BCUT2D eigenvalue weighted by Crippen LogP contribution is -2.46. The summed E-state index contributed by atoms with van der Waals surface area (Å²) in [5, 5.41) is 64.3. The fourth-order valence-corrected chi connectivity index (χ4v) is 3.88. The lowest BCUT2D eigenvalue weighted by atomic mass is 9.94. The van der Waals surface area contributed by atoms with Gasteiger partial charge in [-0.3, -0.25) is 43.2 Å². The largest absolute Gasteiger partial charge is 0.481 e. The number of carboxylic acids is 3. The normalized spacial score (nSPS) is 27.7. The zero-order chi connectivity index (χ0) is 35.5. The standard InChI is InChI=1S/C12H16O10.2C6H6O6/c13-7(14)1-11(19)3-9(17)22-10(18)4-12(20,2-8(15)16)6-21-5-11;7-3-11-6(10)1-4(8)12-5(9)2-6;7-3(8)1-6(11)2-4(9)12-5(6)10/h19-20H,1-6H2,(H,13,14)(H,15,16);3,10H,1-2H2;11H,1-2H2,(H,7,8). The average molecular weight is 668 g/mol. The molecule has 0 spiro atoms. The number of cyclic esters (lactones) is 6. The van der Waals surface area contributed by atoms with Crippen LogP contribution in [0, 0.1) is 0 Å². The maximum atomic E-state index is 11.5. The van der Waals surface area contributed by atoms with Crippen molar-refractivity contribution in [2.24, 2.45) is 0 Å². The first-order chi connectivity index (χ1) is 21.0. The molecule has 3 fully saturated rings. The number of hydrogen-bond donors (Lipinski definition) is 7. The molecule has 22 nitrogen and oxygen atoms in total. The molecule has 0 saturated carbocycles. The van der Waals surface area contributed by atoms with E-state index in [9.17, 15) is 68.4 Å². The van der Waals surface area contributed by atoms with Crippen LogP contribution in [0.25, 0.3) is 0 Å². The molecule has 3 atom stereocenters. The fourth-order valence-electron chi connectivity index (χ4n) is 3.88. The Hall–Kier alpha value is -4.90. The van der Waals surface area contributed by atoms with Crippen LogP contribution in [0.3, 0.4) is 0 Å². The third kappa shape index (κ3) is 13.4. The van der Waals surface area contributed by atoms with Gasteiger partial charge in [0.2, 0.25) is 5.79 Å². The maximum Gasteiger partial charge on any atom is 0.346 e. The van der Waals surface area contributed by atoms with Crippen molar-refractivity contribution >= 4 is 60.2 Å². The minimum atomic E-state index is -2.16. The molecule has 0 amide bonds. The van der Waals surface area contributed by atoms with E-state index in [-0.39, 0.29) is 6.47 Å². The summed E-state index contributed by atoms with van der Waals surface area (Å²) in [6.07, 6.45) is -5.71. The number of esters is 6. The zero-order valence-electron chi connectivity index (χ0n) is 23.4. The summed E-state index contributed by atoms with van der Waals surface area (Å²) in [6, 6.07) is 0. The van der Waals surface area contributed by atoms with E-state index < -0.39 is 141 Å². The van der Waals surface area contributed by atoms with Crippen LogP contribution in [0.15, 0.2) is 0 Å². The number of hydrogen-bond acceptors (Lipinski definition) is 19. The Labute approximate surface area is 255 Å². The molecule has 0 aromatic heterocycles. The Morgan fingerprint density at radius 3 is 1.30 bits per heavy atom. The van der Waals surface area contributed by atoms with Crippen molar-refractivity contribution in [1.29, 1.82) is 0 Å². The van der Waals surface area contributed by atoms with Crippen molar-refractivity contribution in [3.8, 4) is 0 Å².